The van der Waals surface area contributed by atoms with Crippen molar-refractivity contribution >= 4 is 35.4 Å². The van der Waals surface area contributed by atoms with Gasteiger partial charge in [0.25, 0.3) is 0 Å². The van der Waals surface area contributed by atoms with E-state index >= 15 is 0 Å². The molecule has 1 aromatic carbocycles. The van der Waals surface area contributed by atoms with E-state index < -0.39 is 78.7 Å². The minimum absolute atomic E-state index is 0.0117. The third-order valence-corrected chi connectivity index (χ3v) is 6.19. The molecule has 220 valence electrons. The molecule has 1 aliphatic rings. The average molecular weight is 564 g/mol. The number of aromatic hydroxyl groups is 1. The van der Waals surface area contributed by atoms with Crippen LogP contribution >= 0.6 is 0 Å². The Labute approximate surface area is 230 Å². The van der Waals surface area contributed by atoms with E-state index in [1.165, 1.54) is 31.2 Å². The largest absolute Gasteiger partial charge is 0.508 e. The fourth-order valence-electron chi connectivity index (χ4n) is 3.94. The molecule has 40 heavy (non-hydrogen) atoms. The topological polar surface area (TPSA) is 255 Å². The molecule has 2 rings (SSSR count). The van der Waals surface area contributed by atoms with Crippen LogP contribution in [0.1, 0.15) is 38.2 Å². The third kappa shape index (κ3) is 9.81. The van der Waals surface area contributed by atoms with Gasteiger partial charge in [0.2, 0.25) is 35.4 Å². The van der Waals surface area contributed by atoms with Gasteiger partial charge >= 0.3 is 0 Å². The van der Waals surface area contributed by atoms with Crippen LogP contribution in [0.5, 0.6) is 5.75 Å². The van der Waals surface area contributed by atoms with Crippen molar-refractivity contribution in [2.45, 2.75) is 69.2 Å². The second kappa shape index (κ2) is 15.4. The van der Waals surface area contributed by atoms with Crippen LogP contribution in [0.2, 0.25) is 0 Å². The molecule has 0 aromatic heterocycles. The molecule has 0 aliphatic carbocycles. The van der Waals surface area contributed by atoms with E-state index in [1.54, 1.807) is 0 Å². The third-order valence-electron chi connectivity index (χ3n) is 6.19. The summed E-state index contributed by atoms with van der Waals surface area (Å²) in [5, 5.41) is 31.5. The van der Waals surface area contributed by atoms with Crippen LogP contribution in [0.25, 0.3) is 0 Å². The molecule has 0 bridgehead atoms. The fourth-order valence-corrected chi connectivity index (χ4v) is 3.94. The first kappa shape index (κ1) is 32.0. The molecule has 5 atom stereocenters. The first-order chi connectivity index (χ1) is 18.9. The summed E-state index contributed by atoms with van der Waals surface area (Å²) in [6.45, 7) is 0.852. The summed E-state index contributed by atoms with van der Waals surface area (Å²) in [7, 11) is 0. The smallest absolute Gasteiger partial charge is 0.245 e. The van der Waals surface area contributed by atoms with Crippen LogP contribution in [-0.4, -0.2) is 89.0 Å². The van der Waals surface area contributed by atoms with Crippen LogP contribution in [0, 0.1) is 0 Å². The number of carbonyl (C=O) groups excluding carboxylic acids is 6. The molecule has 15 nitrogen and oxygen atoms in total. The van der Waals surface area contributed by atoms with Gasteiger partial charge in [-0.05, 0) is 50.4 Å². The summed E-state index contributed by atoms with van der Waals surface area (Å²) in [5.74, 6) is -5.13. The minimum Gasteiger partial charge on any atom is -0.508 e. The molecule has 1 saturated heterocycles. The number of aliphatic hydroxyl groups is 1. The number of primary amides is 1. The first-order valence-corrected chi connectivity index (χ1v) is 12.8. The van der Waals surface area contributed by atoms with Gasteiger partial charge in [0.1, 0.15) is 36.0 Å². The van der Waals surface area contributed by atoms with Gasteiger partial charge in [-0.2, -0.15) is 0 Å². The Hall–Kier alpha value is -4.24. The highest BCUT2D eigenvalue weighted by Gasteiger charge is 2.34. The lowest BCUT2D eigenvalue weighted by Gasteiger charge is -2.24. The molecule has 0 saturated carbocycles. The number of hydrogen-bond donors (Lipinski definition) is 9. The predicted molar refractivity (Wildman–Crippen MR) is 141 cm³/mol. The minimum atomic E-state index is -1.56. The summed E-state index contributed by atoms with van der Waals surface area (Å²) in [6, 6.07) is -0.778. The normalized spacial score (nSPS) is 24.9. The molecular formula is C25H37N7O8. The van der Waals surface area contributed by atoms with Gasteiger partial charge in [0.05, 0.1) is 13.0 Å². The van der Waals surface area contributed by atoms with Crippen molar-refractivity contribution in [1.29, 1.82) is 0 Å². The van der Waals surface area contributed by atoms with Crippen molar-refractivity contribution in [3.05, 3.63) is 29.8 Å². The van der Waals surface area contributed by atoms with Gasteiger partial charge in [0.15, 0.2) is 0 Å². The Morgan fingerprint density at radius 2 is 1.30 bits per heavy atom. The maximum atomic E-state index is 13.2. The number of amides is 6. The quantitative estimate of drug-likeness (QED) is 0.134. The molecule has 1 aromatic rings. The number of carbonyl (C=O) groups is 6. The van der Waals surface area contributed by atoms with Crippen LogP contribution in [0.15, 0.2) is 24.3 Å². The zero-order valence-electron chi connectivity index (χ0n) is 22.1. The number of phenolic OH excluding ortho intramolecular Hbond substituents is 1. The van der Waals surface area contributed by atoms with Gasteiger partial charge in [0, 0.05) is 6.42 Å². The number of hydrogen-bond acceptors (Lipinski definition) is 9. The van der Waals surface area contributed by atoms with E-state index in [0.717, 1.165) is 0 Å². The van der Waals surface area contributed by atoms with Crippen LogP contribution in [0.4, 0.5) is 0 Å². The van der Waals surface area contributed by atoms with Crippen LogP contribution < -0.4 is 38.1 Å². The molecule has 6 amide bonds. The highest BCUT2D eigenvalue weighted by atomic mass is 16.3. The van der Waals surface area contributed by atoms with Crippen molar-refractivity contribution in [2.75, 3.05) is 13.2 Å². The lowest BCUT2D eigenvalue weighted by atomic mass is 10.0. The van der Waals surface area contributed by atoms with Crippen molar-refractivity contribution in [3.63, 3.8) is 0 Å². The molecule has 15 heteroatoms. The van der Waals surface area contributed by atoms with Gasteiger partial charge < -0.3 is 48.3 Å². The summed E-state index contributed by atoms with van der Waals surface area (Å²) in [4.78, 5) is 76.8. The summed E-state index contributed by atoms with van der Waals surface area (Å²) >= 11 is 0. The van der Waals surface area contributed by atoms with Crippen molar-refractivity contribution in [3.8, 4) is 5.75 Å². The lowest BCUT2D eigenvalue weighted by Crippen LogP contribution is -2.59. The van der Waals surface area contributed by atoms with E-state index in [1.807, 2.05) is 0 Å². The van der Waals surface area contributed by atoms with Crippen LogP contribution in [0.3, 0.4) is 0 Å². The van der Waals surface area contributed by atoms with E-state index in [0.29, 0.717) is 24.9 Å². The molecule has 1 fully saturated rings. The molecule has 1 heterocycles. The predicted octanol–water partition coefficient (Wildman–Crippen LogP) is -3.61. The van der Waals surface area contributed by atoms with Crippen molar-refractivity contribution in [1.82, 2.24) is 26.6 Å². The van der Waals surface area contributed by atoms with E-state index in [-0.39, 0.29) is 18.6 Å². The van der Waals surface area contributed by atoms with Gasteiger partial charge in [-0.1, -0.05) is 12.1 Å². The number of nitrogens with one attached hydrogen (secondary N) is 5. The number of nitrogens with two attached hydrogens (primary N) is 2. The summed E-state index contributed by atoms with van der Waals surface area (Å²) in [5.41, 5.74) is 11.3. The SMILES string of the molecule is C[C@@H]1NC(=O)[C@H](Cc2ccc(O)cc2)NC(=O)[C@H](CO)NC(=O)[C@H](CC(N)=O)NC(=O)[C@H](CCCCN)NC1=O. The Morgan fingerprint density at radius 3 is 1.90 bits per heavy atom. The Balaban J connectivity index is 2.44. The summed E-state index contributed by atoms with van der Waals surface area (Å²) < 4.78 is 0. The Bertz CT molecular complexity index is 1080. The van der Waals surface area contributed by atoms with E-state index in [4.69, 9.17) is 11.5 Å². The molecular weight excluding hydrogens is 526 g/mol. The second-order valence-electron chi connectivity index (χ2n) is 9.48. The standard InChI is InChI=1S/C25H37N7O8/c1-13-21(36)29-16(4-2-3-9-26)22(37)31-18(11-20(27)35)24(39)32-19(12-33)25(40)30-17(23(38)28-13)10-14-5-7-15(34)8-6-14/h5-8,13,16-19,33-34H,2-4,9-12,26H2,1H3,(H2,27,35)(H,28,38)(H,29,36)(H,30,40)(H,31,37)(H,32,39)/t13-,16-,17-,18-,19-/m0/s1. The number of aliphatic hydroxyl groups excluding tert-OH is 1. The lowest BCUT2D eigenvalue weighted by molar-refractivity contribution is -0.135. The van der Waals surface area contributed by atoms with Gasteiger partial charge in [-0.25, -0.2) is 0 Å². The van der Waals surface area contributed by atoms with Crippen molar-refractivity contribution < 1.29 is 39.0 Å². The van der Waals surface area contributed by atoms with E-state index in [9.17, 15) is 39.0 Å². The first-order valence-electron chi connectivity index (χ1n) is 12.8. The van der Waals surface area contributed by atoms with Gasteiger partial charge in [-0.15, -0.1) is 0 Å². The van der Waals surface area contributed by atoms with Crippen LogP contribution in [-0.2, 0) is 35.2 Å². The Kier molecular flexibility index (Phi) is 12.3. The number of phenols is 1. The molecule has 1 aliphatic heterocycles. The van der Waals surface area contributed by atoms with E-state index in [2.05, 4.69) is 26.6 Å². The van der Waals surface area contributed by atoms with Gasteiger partial charge in [-0.3, -0.25) is 28.8 Å². The second-order valence-corrected chi connectivity index (χ2v) is 9.48. The molecule has 0 unspecified atom stereocenters. The zero-order valence-corrected chi connectivity index (χ0v) is 22.1. The Morgan fingerprint density at radius 1 is 0.775 bits per heavy atom. The monoisotopic (exact) mass is 563 g/mol. The maximum Gasteiger partial charge on any atom is 0.245 e. The highest BCUT2D eigenvalue weighted by molar-refractivity contribution is 5.98. The molecule has 11 N–H and O–H groups in total. The fraction of sp³-hybridized carbons (Fsp3) is 0.520. The zero-order chi connectivity index (χ0) is 29.8. The molecule has 0 spiro atoms. The number of unbranched alkanes of at least 4 members (excludes halogenated alkanes) is 1. The maximum absolute atomic E-state index is 13.2. The van der Waals surface area contributed by atoms with Crippen molar-refractivity contribution in [2.24, 2.45) is 11.5 Å². The molecule has 0 radical (unpaired) electrons. The number of benzene rings is 1. The average Bonchev–Trinajstić information content (AvgIpc) is 2.90. The number of rotatable bonds is 9. The summed E-state index contributed by atoms with van der Waals surface area (Å²) in [6.07, 6.45) is 0.443. The highest BCUT2D eigenvalue weighted by Crippen LogP contribution is 2.12.